The maximum atomic E-state index is 13.9. The van der Waals surface area contributed by atoms with Crippen LogP contribution in [0.5, 0.6) is 0 Å². The van der Waals surface area contributed by atoms with Crippen LogP contribution in [0.3, 0.4) is 0 Å². The van der Waals surface area contributed by atoms with Crippen molar-refractivity contribution in [1.29, 1.82) is 0 Å². The Morgan fingerprint density at radius 2 is 1.61 bits per heavy atom. The topological polar surface area (TPSA) is 78.5 Å². The highest BCUT2D eigenvalue weighted by atomic mass is 16.2. The second kappa shape index (κ2) is 9.41. The normalized spacial score (nSPS) is 23.8. The third kappa shape index (κ3) is 4.63. The summed E-state index contributed by atoms with van der Waals surface area (Å²) >= 11 is 0. The molecule has 3 aliphatic rings. The maximum absolute atomic E-state index is 13.9. The van der Waals surface area contributed by atoms with Crippen molar-refractivity contribution in [3.05, 3.63) is 29.8 Å². The van der Waals surface area contributed by atoms with Gasteiger partial charge in [0.25, 0.3) is 5.91 Å². The van der Waals surface area contributed by atoms with Gasteiger partial charge < -0.3 is 10.6 Å². The van der Waals surface area contributed by atoms with Crippen LogP contribution in [-0.2, 0) is 14.4 Å². The molecule has 0 bridgehead atoms. The summed E-state index contributed by atoms with van der Waals surface area (Å²) in [7, 11) is 0. The average Bonchev–Trinajstić information content (AvgIpc) is 3.23. The van der Waals surface area contributed by atoms with Crippen molar-refractivity contribution in [3.8, 4) is 0 Å². The number of amides is 3. The number of rotatable bonds is 5. The van der Waals surface area contributed by atoms with Crippen LogP contribution in [0.15, 0.2) is 24.3 Å². The Bertz CT molecular complexity index is 808. The number of anilines is 1. The molecule has 1 aromatic rings. The first kappa shape index (κ1) is 21.8. The molecule has 0 radical (unpaired) electrons. The van der Waals surface area contributed by atoms with Crippen LogP contribution in [0.2, 0.25) is 0 Å². The molecule has 2 aliphatic carbocycles. The van der Waals surface area contributed by atoms with E-state index in [0.29, 0.717) is 25.7 Å². The number of nitrogens with one attached hydrogen (secondary N) is 2. The number of carbonyl (C=O) groups excluding carboxylic acids is 3. The molecular weight excluding hydrogens is 390 g/mol. The molecule has 1 heterocycles. The maximum Gasteiger partial charge on any atom is 0.250 e. The second-order valence-corrected chi connectivity index (χ2v) is 9.57. The van der Waals surface area contributed by atoms with Crippen molar-refractivity contribution >= 4 is 23.4 Å². The Morgan fingerprint density at radius 3 is 2.23 bits per heavy atom. The Balaban J connectivity index is 1.70. The molecule has 0 spiro atoms. The number of benzene rings is 1. The molecule has 3 fully saturated rings. The summed E-state index contributed by atoms with van der Waals surface area (Å²) in [6.45, 7) is 2.01. The quantitative estimate of drug-likeness (QED) is 0.754. The van der Waals surface area contributed by atoms with E-state index in [1.807, 2.05) is 31.2 Å². The van der Waals surface area contributed by atoms with Gasteiger partial charge in [-0.1, -0.05) is 56.2 Å². The summed E-state index contributed by atoms with van der Waals surface area (Å²) in [5.74, 6) is -0.265. The van der Waals surface area contributed by atoms with Crippen LogP contribution in [0.1, 0.15) is 82.6 Å². The van der Waals surface area contributed by atoms with E-state index in [1.165, 1.54) is 6.42 Å². The summed E-state index contributed by atoms with van der Waals surface area (Å²) in [5, 5.41) is 6.16. The highest BCUT2D eigenvalue weighted by Crippen LogP contribution is 2.39. The summed E-state index contributed by atoms with van der Waals surface area (Å²) in [6, 6.07) is 7.48. The average molecular weight is 426 g/mol. The van der Waals surface area contributed by atoms with E-state index in [-0.39, 0.29) is 23.8 Å². The molecule has 2 saturated carbocycles. The first-order valence-electron chi connectivity index (χ1n) is 12.0. The second-order valence-electron chi connectivity index (χ2n) is 9.57. The van der Waals surface area contributed by atoms with Crippen molar-refractivity contribution in [2.75, 3.05) is 4.90 Å². The van der Waals surface area contributed by atoms with Crippen molar-refractivity contribution in [3.63, 3.8) is 0 Å². The van der Waals surface area contributed by atoms with Gasteiger partial charge in [-0.25, -0.2) is 0 Å². The largest absolute Gasteiger partial charge is 0.351 e. The zero-order chi connectivity index (χ0) is 21.8. The lowest BCUT2D eigenvalue weighted by Crippen LogP contribution is -2.65. The van der Waals surface area contributed by atoms with E-state index in [0.717, 1.165) is 56.2 Å². The molecule has 6 heteroatoms. The Morgan fingerprint density at radius 1 is 0.968 bits per heavy atom. The van der Waals surface area contributed by atoms with Crippen molar-refractivity contribution in [1.82, 2.24) is 10.6 Å². The Labute approximate surface area is 185 Å². The summed E-state index contributed by atoms with van der Waals surface area (Å²) in [4.78, 5) is 41.3. The van der Waals surface area contributed by atoms with Crippen molar-refractivity contribution in [2.45, 2.75) is 102 Å². The highest BCUT2D eigenvalue weighted by Gasteiger charge is 2.50. The number of hydrogen-bond acceptors (Lipinski definition) is 3. The molecule has 168 valence electrons. The third-order valence-corrected chi connectivity index (χ3v) is 7.28. The van der Waals surface area contributed by atoms with E-state index >= 15 is 0 Å². The SMILES string of the molecule is Cc1ccc(N(C(=O)[C@@H]2CCC(=O)N2)C2(C(=O)NC3CCCCC3)CCCCC2)cc1. The Hall–Kier alpha value is -2.37. The van der Waals surface area contributed by atoms with E-state index in [4.69, 9.17) is 0 Å². The summed E-state index contributed by atoms with van der Waals surface area (Å²) in [5.41, 5.74) is 0.960. The Kier molecular flexibility index (Phi) is 6.63. The fourth-order valence-electron chi connectivity index (χ4n) is 5.49. The molecule has 1 saturated heterocycles. The molecule has 0 unspecified atom stereocenters. The van der Waals surface area contributed by atoms with Crippen LogP contribution >= 0.6 is 0 Å². The molecule has 6 nitrogen and oxygen atoms in total. The van der Waals surface area contributed by atoms with Gasteiger partial charge in [0.2, 0.25) is 11.8 Å². The molecule has 2 N–H and O–H groups in total. The molecule has 3 amide bonds. The van der Waals surface area contributed by atoms with Gasteiger partial charge in [0.1, 0.15) is 11.6 Å². The number of hydrogen-bond donors (Lipinski definition) is 2. The lowest BCUT2D eigenvalue weighted by atomic mass is 9.78. The van der Waals surface area contributed by atoms with Crippen LogP contribution in [0.25, 0.3) is 0 Å². The fourth-order valence-corrected chi connectivity index (χ4v) is 5.49. The van der Waals surface area contributed by atoms with Crippen molar-refractivity contribution < 1.29 is 14.4 Å². The zero-order valence-corrected chi connectivity index (χ0v) is 18.6. The van der Waals surface area contributed by atoms with E-state index < -0.39 is 11.6 Å². The lowest BCUT2D eigenvalue weighted by molar-refractivity contribution is -0.133. The first-order chi connectivity index (χ1) is 15.0. The number of aryl methyl sites for hydroxylation is 1. The van der Waals surface area contributed by atoms with Crippen LogP contribution < -0.4 is 15.5 Å². The van der Waals surface area contributed by atoms with Crippen LogP contribution in [-0.4, -0.2) is 35.3 Å². The fraction of sp³-hybridized carbons (Fsp3) is 0.640. The molecule has 4 rings (SSSR count). The molecular formula is C25H35N3O3. The molecule has 0 aromatic heterocycles. The minimum absolute atomic E-state index is 0.0163. The predicted molar refractivity (Wildman–Crippen MR) is 121 cm³/mol. The first-order valence-corrected chi connectivity index (χ1v) is 12.0. The van der Waals surface area contributed by atoms with Gasteiger partial charge in [-0.2, -0.15) is 0 Å². The summed E-state index contributed by atoms with van der Waals surface area (Å²) < 4.78 is 0. The van der Waals surface area contributed by atoms with E-state index in [1.54, 1.807) is 4.90 Å². The van der Waals surface area contributed by atoms with Crippen LogP contribution in [0.4, 0.5) is 5.69 Å². The van der Waals surface area contributed by atoms with Gasteiger partial charge in [-0.05, 0) is 51.2 Å². The predicted octanol–water partition coefficient (Wildman–Crippen LogP) is 3.76. The lowest BCUT2D eigenvalue weighted by Gasteiger charge is -2.46. The highest BCUT2D eigenvalue weighted by molar-refractivity contribution is 6.07. The van der Waals surface area contributed by atoms with Crippen LogP contribution in [0, 0.1) is 6.92 Å². The van der Waals surface area contributed by atoms with Gasteiger partial charge in [0, 0.05) is 18.2 Å². The molecule has 1 aromatic carbocycles. The third-order valence-electron chi connectivity index (χ3n) is 7.28. The molecule has 31 heavy (non-hydrogen) atoms. The van der Waals surface area contributed by atoms with Gasteiger partial charge in [0.15, 0.2) is 0 Å². The number of carbonyl (C=O) groups is 3. The van der Waals surface area contributed by atoms with Gasteiger partial charge in [-0.3, -0.25) is 19.3 Å². The molecule has 1 atom stereocenters. The van der Waals surface area contributed by atoms with Gasteiger partial charge in [0.05, 0.1) is 0 Å². The molecule has 1 aliphatic heterocycles. The zero-order valence-electron chi connectivity index (χ0n) is 18.6. The van der Waals surface area contributed by atoms with E-state index in [9.17, 15) is 14.4 Å². The smallest absolute Gasteiger partial charge is 0.250 e. The van der Waals surface area contributed by atoms with E-state index in [2.05, 4.69) is 10.6 Å². The standard InChI is InChI=1S/C25H35N3O3/c1-18-10-12-20(13-11-18)28(23(30)21-14-15-22(29)27-21)25(16-6-3-7-17-25)24(31)26-19-8-4-2-5-9-19/h10-13,19,21H,2-9,14-17H2,1H3,(H,26,31)(H,27,29)/t21-/m0/s1. The minimum atomic E-state index is -0.893. The van der Waals surface area contributed by atoms with Gasteiger partial charge in [-0.15, -0.1) is 0 Å². The number of nitrogens with zero attached hydrogens (tertiary/aromatic N) is 1. The van der Waals surface area contributed by atoms with Crippen molar-refractivity contribution in [2.24, 2.45) is 0 Å². The monoisotopic (exact) mass is 425 g/mol. The minimum Gasteiger partial charge on any atom is -0.351 e. The van der Waals surface area contributed by atoms with Gasteiger partial charge >= 0.3 is 0 Å². The summed E-state index contributed by atoms with van der Waals surface area (Å²) in [6.07, 6.45) is 10.6.